The lowest BCUT2D eigenvalue weighted by molar-refractivity contribution is 0.293. The fourth-order valence-electron chi connectivity index (χ4n) is 1.98. The summed E-state index contributed by atoms with van der Waals surface area (Å²) in [4.78, 5) is 0. The summed E-state index contributed by atoms with van der Waals surface area (Å²) in [5.41, 5.74) is 2.58. The molecule has 2 nitrogen and oxygen atoms in total. The van der Waals surface area contributed by atoms with Gasteiger partial charge in [-0.3, -0.25) is 0 Å². The smallest absolute Gasteiger partial charge is 0.182 e. The van der Waals surface area contributed by atoms with Crippen molar-refractivity contribution in [3.05, 3.63) is 59.7 Å². The Labute approximate surface area is 126 Å². The molecule has 0 atom stereocenters. The van der Waals surface area contributed by atoms with Gasteiger partial charge in [-0.25, -0.2) is 0 Å². The predicted molar refractivity (Wildman–Crippen MR) is 85.4 cm³/mol. The number of hydrogen-bond acceptors (Lipinski definition) is 2. The quantitative estimate of drug-likeness (QED) is 0.766. The van der Waals surface area contributed by atoms with Gasteiger partial charge in [0.1, 0.15) is 12.7 Å². The molecule has 0 spiro atoms. The van der Waals surface area contributed by atoms with E-state index in [1.807, 2.05) is 18.2 Å². The zero-order chi connectivity index (χ0) is 15.3. The van der Waals surface area contributed by atoms with Crippen LogP contribution in [0.2, 0.25) is 0 Å². The van der Waals surface area contributed by atoms with Gasteiger partial charge in [0, 0.05) is 0 Å². The molecule has 2 heteroatoms. The maximum absolute atomic E-state index is 5.78. The van der Waals surface area contributed by atoms with E-state index in [2.05, 4.69) is 51.1 Å². The summed E-state index contributed by atoms with van der Waals surface area (Å²) in [6.07, 6.45) is 7.33. The minimum absolute atomic E-state index is 0.159. The molecule has 0 saturated heterocycles. The first-order valence-corrected chi connectivity index (χ1v) is 6.94. The van der Waals surface area contributed by atoms with Gasteiger partial charge in [-0.15, -0.1) is 0 Å². The molecule has 21 heavy (non-hydrogen) atoms. The topological polar surface area (TPSA) is 18.5 Å². The standard InChI is InChI=1S/C19H20O2/c1-5-20-17-8-6-7-9-18(17)21-14-15-10-12-16(13-11-15)19(2,3)4/h1,6-13H,14H2,2-4H3. The molecule has 0 unspecified atom stereocenters. The van der Waals surface area contributed by atoms with E-state index in [9.17, 15) is 0 Å². The lowest BCUT2D eigenvalue weighted by atomic mass is 9.87. The first-order chi connectivity index (χ1) is 10.0. The van der Waals surface area contributed by atoms with Crippen LogP contribution in [0.15, 0.2) is 48.5 Å². The number of rotatable bonds is 4. The third-order valence-electron chi connectivity index (χ3n) is 3.23. The van der Waals surface area contributed by atoms with Crippen molar-refractivity contribution < 1.29 is 9.47 Å². The van der Waals surface area contributed by atoms with Crippen molar-refractivity contribution in [3.8, 4) is 24.0 Å². The van der Waals surface area contributed by atoms with Crippen LogP contribution < -0.4 is 9.47 Å². The molecule has 0 aliphatic rings. The SMILES string of the molecule is C#COc1ccccc1OCc1ccc(C(C)(C)C)cc1. The van der Waals surface area contributed by atoms with Crippen LogP contribution in [0, 0.1) is 12.5 Å². The highest BCUT2D eigenvalue weighted by Gasteiger charge is 2.13. The lowest BCUT2D eigenvalue weighted by Crippen LogP contribution is -2.10. The molecule has 0 N–H and O–H groups in total. The molecule has 0 aromatic heterocycles. The van der Waals surface area contributed by atoms with Crippen LogP contribution in [0.1, 0.15) is 31.9 Å². The first-order valence-electron chi connectivity index (χ1n) is 6.94. The second-order valence-corrected chi connectivity index (χ2v) is 5.90. The molecule has 0 aliphatic carbocycles. The molecule has 0 amide bonds. The van der Waals surface area contributed by atoms with E-state index in [0.717, 1.165) is 5.56 Å². The van der Waals surface area contributed by atoms with Gasteiger partial charge < -0.3 is 9.47 Å². The van der Waals surface area contributed by atoms with Crippen molar-refractivity contribution in [1.82, 2.24) is 0 Å². The van der Waals surface area contributed by atoms with E-state index >= 15 is 0 Å². The zero-order valence-corrected chi connectivity index (χ0v) is 12.7. The Kier molecular flexibility index (Phi) is 4.55. The summed E-state index contributed by atoms with van der Waals surface area (Å²) in [6, 6.07) is 15.8. The van der Waals surface area contributed by atoms with E-state index in [1.165, 1.54) is 5.56 Å². The van der Waals surface area contributed by atoms with Gasteiger partial charge in [0.2, 0.25) is 0 Å². The Bertz CT molecular complexity index is 628. The maximum Gasteiger partial charge on any atom is 0.182 e. The van der Waals surface area contributed by atoms with Crippen molar-refractivity contribution in [2.24, 2.45) is 0 Å². The number of para-hydroxylation sites is 2. The molecule has 0 fully saturated rings. The van der Waals surface area contributed by atoms with Crippen LogP contribution >= 0.6 is 0 Å². The Morgan fingerprint density at radius 1 is 0.952 bits per heavy atom. The second kappa shape index (κ2) is 6.37. The number of benzene rings is 2. The van der Waals surface area contributed by atoms with E-state index in [-0.39, 0.29) is 5.41 Å². The summed E-state index contributed by atoms with van der Waals surface area (Å²) < 4.78 is 10.9. The Hall–Kier alpha value is -2.40. The molecular weight excluding hydrogens is 260 g/mol. The minimum Gasteiger partial charge on any atom is -0.485 e. The second-order valence-electron chi connectivity index (χ2n) is 5.90. The lowest BCUT2D eigenvalue weighted by Gasteiger charge is -2.19. The maximum atomic E-state index is 5.78. The van der Waals surface area contributed by atoms with Gasteiger partial charge in [0.05, 0.1) is 0 Å². The van der Waals surface area contributed by atoms with Gasteiger partial charge in [0.25, 0.3) is 0 Å². The van der Waals surface area contributed by atoms with E-state index in [1.54, 1.807) is 6.07 Å². The third-order valence-corrected chi connectivity index (χ3v) is 3.23. The van der Waals surface area contributed by atoms with Crippen molar-refractivity contribution >= 4 is 0 Å². The van der Waals surface area contributed by atoms with Crippen LogP contribution in [0.4, 0.5) is 0 Å². The van der Waals surface area contributed by atoms with Gasteiger partial charge in [-0.1, -0.05) is 63.6 Å². The van der Waals surface area contributed by atoms with Crippen molar-refractivity contribution in [1.29, 1.82) is 0 Å². The van der Waals surface area contributed by atoms with E-state index in [4.69, 9.17) is 15.9 Å². The van der Waals surface area contributed by atoms with Crippen LogP contribution in [-0.2, 0) is 12.0 Å². The van der Waals surface area contributed by atoms with Crippen LogP contribution in [0.3, 0.4) is 0 Å². The molecule has 2 rings (SSSR count). The molecule has 2 aromatic carbocycles. The summed E-state index contributed by atoms with van der Waals surface area (Å²) in [6.45, 7) is 7.08. The molecule has 108 valence electrons. The largest absolute Gasteiger partial charge is 0.485 e. The van der Waals surface area contributed by atoms with Gasteiger partial charge in [0.15, 0.2) is 11.5 Å². The fourth-order valence-corrected chi connectivity index (χ4v) is 1.98. The number of hydrogen-bond donors (Lipinski definition) is 0. The number of terminal acetylenes is 1. The Morgan fingerprint density at radius 3 is 2.14 bits per heavy atom. The van der Waals surface area contributed by atoms with Crippen LogP contribution in [-0.4, -0.2) is 0 Å². The summed E-state index contributed by atoms with van der Waals surface area (Å²) in [5, 5.41) is 0. The van der Waals surface area contributed by atoms with Gasteiger partial charge in [-0.2, -0.15) is 0 Å². The summed E-state index contributed by atoms with van der Waals surface area (Å²) >= 11 is 0. The summed E-state index contributed by atoms with van der Waals surface area (Å²) in [5.74, 6) is 1.21. The normalized spacial score (nSPS) is 10.8. The van der Waals surface area contributed by atoms with Crippen LogP contribution in [0.5, 0.6) is 11.5 Å². The molecule has 0 heterocycles. The molecule has 0 saturated carbocycles. The van der Waals surface area contributed by atoms with Gasteiger partial charge in [-0.05, 0) is 28.7 Å². The highest BCUT2D eigenvalue weighted by molar-refractivity contribution is 5.40. The van der Waals surface area contributed by atoms with E-state index < -0.39 is 0 Å². The zero-order valence-electron chi connectivity index (χ0n) is 12.7. The molecule has 0 aliphatic heterocycles. The monoisotopic (exact) mass is 280 g/mol. The van der Waals surface area contributed by atoms with Gasteiger partial charge >= 0.3 is 0 Å². The van der Waals surface area contributed by atoms with E-state index in [0.29, 0.717) is 18.1 Å². The van der Waals surface area contributed by atoms with Crippen molar-refractivity contribution in [3.63, 3.8) is 0 Å². The Balaban J connectivity index is 2.05. The minimum atomic E-state index is 0.159. The highest BCUT2D eigenvalue weighted by Crippen LogP contribution is 2.27. The molecule has 2 aromatic rings. The van der Waals surface area contributed by atoms with Crippen LogP contribution in [0.25, 0.3) is 0 Å². The fraction of sp³-hybridized carbons (Fsp3) is 0.263. The van der Waals surface area contributed by atoms with Crippen molar-refractivity contribution in [2.45, 2.75) is 32.8 Å². The predicted octanol–water partition coefficient (Wildman–Crippen LogP) is 4.53. The van der Waals surface area contributed by atoms with Crippen molar-refractivity contribution in [2.75, 3.05) is 0 Å². The third kappa shape index (κ3) is 4.03. The first kappa shape index (κ1) is 15.0. The summed E-state index contributed by atoms with van der Waals surface area (Å²) in [7, 11) is 0. The molecular formula is C19H20O2. The Morgan fingerprint density at radius 2 is 1.57 bits per heavy atom. The molecule has 0 radical (unpaired) electrons. The highest BCUT2D eigenvalue weighted by atomic mass is 16.5. The molecule has 0 bridgehead atoms. The average Bonchev–Trinajstić information content (AvgIpc) is 2.46. The number of ether oxygens (including phenoxy) is 2. The average molecular weight is 280 g/mol.